The maximum Gasteiger partial charge on any atom is 0.348 e. The number of aromatic nitrogens is 2. The van der Waals surface area contributed by atoms with Crippen molar-refractivity contribution in [1.82, 2.24) is 9.97 Å². The Balaban J connectivity index is 1.51. The molecular formula is C19H21N3O3. The maximum atomic E-state index is 12.0. The highest BCUT2D eigenvalue weighted by molar-refractivity contribution is 5.78. The third kappa shape index (κ3) is 3.04. The van der Waals surface area contributed by atoms with Gasteiger partial charge in [-0.15, -0.1) is 0 Å². The van der Waals surface area contributed by atoms with Gasteiger partial charge >= 0.3 is 5.97 Å². The second kappa shape index (κ2) is 6.35. The molecule has 4 rings (SSSR count). The summed E-state index contributed by atoms with van der Waals surface area (Å²) in [5.74, 6) is 0.396. The van der Waals surface area contributed by atoms with Crippen LogP contribution in [0.1, 0.15) is 30.4 Å². The molecule has 1 fully saturated rings. The number of rotatable bonds is 4. The fraction of sp³-hybridized carbons (Fsp3) is 0.421. The summed E-state index contributed by atoms with van der Waals surface area (Å²) in [5, 5.41) is 9.83. The van der Waals surface area contributed by atoms with E-state index in [0.717, 1.165) is 19.3 Å². The molecule has 6 nitrogen and oxygen atoms in total. The van der Waals surface area contributed by atoms with Crippen LogP contribution in [-0.2, 0) is 17.6 Å². The lowest BCUT2D eigenvalue weighted by atomic mass is 9.91. The van der Waals surface area contributed by atoms with Crippen molar-refractivity contribution in [1.29, 1.82) is 0 Å². The molecule has 1 saturated heterocycles. The normalized spacial score (nSPS) is 18.6. The average molecular weight is 339 g/mol. The minimum Gasteiger partial charge on any atom is -0.478 e. The van der Waals surface area contributed by atoms with Crippen molar-refractivity contribution >= 4 is 11.9 Å². The molecule has 1 aliphatic heterocycles. The standard InChI is InChI=1S/C19H21N3O3/c23-17(24)19(25-16-6-5-14-3-1-4-15(14)13-16)7-11-22(12-8-19)18-20-9-2-10-21-18/h2,5-6,9-10,13H,1,3-4,7-8,11-12H2,(H,23,24). The Hall–Kier alpha value is -2.63. The van der Waals surface area contributed by atoms with Gasteiger partial charge in [-0.2, -0.15) is 0 Å². The lowest BCUT2D eigenvalue weighted by Crippen LogP contribution is -2.53. The second-order valence-electron chi connectivity index (χ2n) is 6.72. The number of fused-ring (bicyclic) bond motifs is 1. The number of aliphatic carboxylic acids is 1. The first kappa shape index (κ1) is 15.9. The number of carboxylic acid groups (broad SMARTS) is 1. The number of ether oxygens (including phenoxy) is 1. The number of carboxylic acids is 1. The lowest BCUT2D eigenvalue weighted by Gasteiger charge is -2.38. The quantitative estimate of drug-likeness (QED) is 0.922. The van der Waals surface area contributed by atoms with E-state index in [1.807, 2.05) is 17.0 Å². The Bertz CT molecular complexity index is 771. The van der Waals surface area contributed by atoms with Gasteiger partial charge in [0.05, 0.1) is 0 Å². The first-order valence-corrected chi connectivity index (χ1v) is 8.72. The van der Waals surface area contributed by atoms with E-state index >= 15 is 0 Å². The number of benzene rings is 1. The number of anilines is 1. The fourth-order valence-corrected chi connectivity index (χ4v) is 3.72. The van der Waals surface area contributed by atoms with Crippen LogP contribution in [0.25, 0.3) is 0 Å². The molecule has 130 valence electrons. The van der Waals surface area contributed by atoms with Gasteiger partial charge in [0.2, 0.25) is 11.5 Å². The van der Waals surface area contributed by atoms with Gasteiger partial charge in [0.25, 0.3) is 0 Å². The summed E-state index contributed by atoms with van der Waals surface area (Å²) >= 11 is 0. The third-order valence-electron chi connectivity index (χ3n) is 5.18. The summed E-state index contributed by atoms with van der Waals surface area (Å²) in [7, 11) is 0. The van der Waals surface area contributed by atoms with E-state index in [1.165, 1.54) is 11.1 Å². The van der Waals surface area contributed by atoms with Crippen molar-refractivity contribution in [2.24, 2.45) is 0 Å². The summed E-state index contributed by atoms with van der Waals surface area (Å²) in [5.41, 5.74) is 1.46. The van der Waals surface area contributed by atoms with Crippen LogP contribution in [0.2, 0.25) is 0 Å². The highest BCUT2D eigenvalue weighted by Gasteiger charge is 2.44. The molecule has 2 heterocycles. The van der Waals surface area contributed by atoms with Crippen LogP contribution >= 0.6 is 0 Å². The van der Waals surface area contributed by atoms with Crippen molar-refractivity contribution in [3.63, 3.8) is 0 Å². The van der Waals surface area contributed by atoms with Gasteiger partial charge in [-0.05, 0) is 48.6 Å². The summed E-state index contributed by atoms with van der Waals surface area (Å²) in [6.07, 6.45) is 7.51. The molecule has 0 spiro atoms. The predicted molar refractivity (Wildman–Crippen MR) is 92.9 cm³/mol. The van der Waals surface area contributed by atoms with E-state index in [2.05, 4.69) is 16.0 Å². The van der Waals surface area contributed by atoms with Gasteiger partial charge in [0, 0.05) is 38.3 Å². The molecule has 1 aromatic heterocycles. The Morgan fingerprint density at radius 3 is 2.56 bits per heavy atom. The molecule has 2 aromatic rings. The number of hydrogen-bond donors (Lipinski definition) is 1. The third-order valence-corrected chi connectivity index (χ3v) is 5.18. The smallest absolute Gasteiger partial charge is 0.348 e. The highest BCUT2D eigenvalue weighted by atomic mass is 16.5. The second-order valence-corrected chi connectivity index (χ2v) is 6.72. The molecule has 25 heavy (non-hydrogen) atoms. The van der Waals surface area contributed by atoms with Crippen molar-refractivity contribution in [3.8, 4) is 5.75 Å². The zero-order chi connectivity index (χ0) is 17.3. The van der Waals surface area contributed by atoms with Crippen LogP contribution in [0.15, 0.2) is 36.7 Å². The zero-order valence-electron chi connectivity index (χ0n) is 14.0. The number of piperidine rings is 1. The van der Waals surface area contributed by atoms with Gasteiger partial charge in [-0.1, -0.05) is 6.07 Å². The molecule has 0 amide bonds. The molecule has 0 unspecified atom stereocenters. The summed E-state index contributed by atoms with van der Waals surface area (Å²) in [6, 6.07) is 7.76. The van der Waals surface area contributed by atoms with Crippen molar-refractivity contribution in [3.05, 3.63) is 47.8 Å². The van der Waals surface area contributed by atoms with Gasteiger partial charge in [0.15, 0.2) is 0 Å². The number of hydrogen-bond acceptors (Lipinski definition) is 5. The van der Waals surface area contributed by atoms with E-state index < -0.39 is 11.6 Å². The number of nitrogens with zero attached hydrogens (tertiary/aromatic N) is 3. The largest absolute Gasteiger partial charge is 0.478 e. The zero-order valence-corrected chi connectivity index (χ0v) is 14.0. The van der Waals surface area contributed by atoms with Crippen molar-refractivity contribution in [2.45, 2.75) is 37.7 Å². The molecule has 0 atom stereocenters. The fourth-order valence-electron chi connectivity index (χ4n) is 3.72. The molecule has 1 N–H and O–H groups in total. The van der Waals surface area contributed by atoms with E-state index in [0.29, 0.717) is 37.6 Å². The van der Waals surface area contributed by atoms with Crippen LogP contribution in [0.3, 0.4) is 0 Å². The average Bonchev–Trinajstić information content (AvgIpc) is 3.11. The minimum atomic E-state index is -1.18. The first-order chi connectivity index (χ1) is 12.2. The van der Waals surface area contributed by atoms with Crippen LogP contribution < -0.4 is 9.64 Å². The van der Waals surface area contributed by atoms with E-state index in [-0.39, 0.29) is 0 Å². The van der Waals surface area contributed by atoms with Gasteiger partial charge in [0.1, 0.15) is 5.75 Å². The van der Waals surface area contributed by atoms with Gasteiger partial charge in [-0.25, -0.2) is 14.8 Å². The first-order valence-electron chi connectivity index (χ1n) is 8.72. The summed E-state index contributed by atoms with van der Waals surface area (Å²) in [6.45, 7) is 1.11. The summed E-state index contributed by atoms with van der Waals surface area (Å²) < 4.78 is 6.05. The Kier molecular flexibility index (Phi) is 4.03. The van der Waals surface area contributed by atoms with Crippen molar-refractivity contribution in [2.75, 3.05) is 18.0 Å². The Morgan fingerprint density at radius 1 is 1.12 bits per heavy atom. The molecule has 1 aromatic carbocycles. The topological polar surface area (TPSA) is 75.6 Å². The molecule has 0 radical (unpaired) electrons. The van der Waals surface area contributed by atoms with Crippen LogP contribution in [-0.4, -0.2) is 39.7 Å². The number of aryl methyl sites for hydroxylation is 2. The predicted octanol–water partition coefficient (Wildman–Crippen LogP) is 2.47. The minimum absolute atomic E-state index is 0.400. The molecular weight excluding hydrogens is 318 g/mol. The molecule has 2 aliphatic rings. The van der Waals surface area contributed by atoms with Gasteiger partial charge < -0.3 is 14.7 Å². The SMILES string of the molecule is O=C(O)C1(Oc2ccc3c(c2)CCC3)CCN(c2ncccn2)CC1. The molecule has 0 bridgehead atoms. The van der Waals surface area contributed by atoms with Crippen LogP contribution in [0.4, 0.5) is 5.95 Å². The Labute approximate surface area is 146 Å². The summed E-state index contributed by atoms with van der Waals surface area (Å²) in [4.78, 5) is 22.5. The van der Waals surface area contributed by atoms with Crippen LogP contribution in [0, 0.1) is 0 Å². The maximum absolute atomic E-state index is 12.0. The van der Waals surface area contributed by atoms with E-state index in [9.17, 15) is 9.90 Å². The highest BCUT2D eigenvalue weighted by Crippen LogP contribution is 2.33. The molecule has 6 heteroatoms. The molecule has 1 aliphatic carbocycles. The molecule has 0 saturated carbocycles. The van der Waals surface area contributed by atoms with Crippen molar-refractivity contribution < 1.29 is 14.6 Å². The Morgan fingerprint density at radius 2 is 1.84 bits per heavy atom. The van der Waals surface area contributed by atoms with Gasteiger partial charge in [-0.3, -0.25) is 0 Å². The van der Waals surface area contributed by atoms with E-state index in [1.54, 1.807) is 18.5 Å². The van der Waals surface area contributed by atoms with E-state index in [4.69, 9.17) is 4.74 Å². The lowest BCUT2D eigenvalue weighted by molar-refractivity contribution is -0.157. The van der Waals surface area contributed by atoms with Crippen LogP contribution in [0.5, 0.6) is 5.75 Å². The number of carbonyl (C=O) groups is 1. The monoisotopic (exact) mass is 339 g/mol.